The summed E-state index contributed by atoms with van der Waals surface area (Å²) >= 11 is 1.16. The lowest BCUT2D eigenvalue weighted by Gasteiger charge is -2.29. The van der Waals surface area contributed by atoms with Gasteiger partial charge in [-0.05, 0) is 20.3 Å². The second-order valence-corrected chi connectivity index (χ2v) is 8.98. The summed E-state index contributed by atoms with van der Waals surface area (Å²) in [7, 11) is -3.04. The summed E-state index contributed by atoms with van der Waals surface area (Å²) in [6.45, 7) is 4.04. The Balaban J connectivity index is 2.08. The van der Waals surface area contributed by atoms with Gasteiger partial charge in [-0.1, -0.05) is 11.8 Å². The first-order valence-electron chi connectivity index (χ1n) is 7.29. The molecule has 0 unspecified atom stereocenters. The van der Waals surface area contributed by atoms with Crippen molar-refractivity contribution in [2.24, 2.45) is 0 Å². The number of thioether (sulfide) groups is 1. The predicted molar refractivity (Wildman–Crippen MR) is 90.6 cm³/mol. The van der Waals surface area contributed by atoms with Gasteiger partial charge in [0.25, 0.3) is 0 Å². The highest BCUT2D eigenvalue weighted by Crippen LogP contribution is 2.25. The summed E-state index contributed by atoms with van der Waals surface area (Å²) in [4.78, 5) is 22.4. The molecule has 0 aromatic carbocycles. The molecule has 0 bridgehead atoms. The Morgan fingerprint density at radius 1 is 1.43 bits per heavy atom. The number of anilines is 2. The number of nitrogen functional groups attached to an aromatic ring is 2. The van der Waals surface area contributed by atoms with Crippen LogP contribution in [0.4, 0.5) is 11.6 Å². The van der Waals surface area contributed by atoms with Crippen LogP contribution >= 0.6 is 11.8 Å². The lowest BCUT2D eigenvalue weighted by Crippen LogP contribution is -2.44. The predicted octanol–water partition coefficient (Wildman–Crippen LogP) is 0.157. The molecular formula is C13H21N5O3S2. The number of hydrogen-bond donors (Lipinski definition) is 2. The molecule has 2 heterocycles. The highest BCUT2D eigenvalue weighted by molar-refractivity contribution is 8.00. The van der Waals surface area contributed by atoms with Gasteiger partial charge in [0.15, 0.2) is 15.0 Å². The van der Waals surface area contributed by atoms with E-state index in [2.05, 4.69) is 9.97 Å². The van der Waals surface area contributed by atoms with Gasteiger partial charge < -0.3 is 16.4 Å². The molecular weight excluding hydrogens is 338 g/mol. The third kappa shape index (κ3) is 4.47. The zero-order chi connectivity index (χ0) is 17.2. The van der Waals surface area contributed by atoms with Gasteiger partial charge >= 0.3 is 0 Å². The molecule has 2 rings (SSSR count). The van der Waals surface area contributed by atoms with E-state index in [1.807, 2.05) is 6.92 Å². The summed E-state index contributed by atoms with van der Waals surface area (Å²) in [5.74, 6) is 0.524. The summed E-state index contributed by atoms with van der Waals surface area (Å²) < 4.78 is 23.3. The molecule has 1 aliphatic rings. The third-order valence-electron chi connectivity index (χ3n) is 3.65. The van der Waals surface area contributed by atoms with Gasteiger partial charge in [0, 0.05) is 18.7 Å². The summed E-state index contributed by atoms with van der Waals surface area (Å²) in [6, 6.07) is 1.19. The number of carbonyl (C=O) groups excluding carboxylic acids is 1. The van der Waals surface area contributed by atoms with Crippen molar-refractivity contribution in [3.63, 3.8) is 0 Å². The number of aromatic nitrogens is 2. The molecule has 1 aromatic heterocycles. The van der Waals surface area contributed by atoms with E-state index in [0.29, 0.717) is 18.1 Å². The molecule has 4 N–H and O–H groups in total. The molecule has 1 aromatic rings. The number of hydrogen-bond acceptors (Lipinski definition) is 8. The van der Waals surface area contributed by atoms with Crippen LogP contribution in [-0.2, 0) is 14.6 Å². The third-order valence-corrected chi connectivity index (χ3v) is 6.35. The summed E-state index contributed by atoms with van der Waals surface area (Å²) in [6.07, 6.45) is 0.487. The van der Waals surface area contributed by atoms with Crippen LogP contribution < -0.4 is 11.5 Å². The van der Waals surface area contributed by atoms with Crippen LogP contribution in [0.25, 0.3) is 0 Å². The standard InChI is InChI=1S/C13H21N5O3S2/c1-3-18(9-4-5-23(20,21)7-9)12(19)8(2)22-13-16-10(14)6-11(15)17-13/h6,8-9H,3-5,7H2,1-2H3,(H4,14,15,16,17)/t8-,9+/m1/s1. The van der Waals surface area contributed by atoms with Crippen molar-refractivity contribution in [3.8, 4) is 0 Å². The van der Waals surface area contributed by atoms with E-state index >= 15 is 0 Å². The molecule has 8 nitrogen and oxygen atoms in total. The van der Waals surface area contributed by atoms with E-state index in [1.165, 1.54) is 6.07 Å². The number of nitrogens with zero attached hydrogens (tertiary/aromatic N) is 3. The molecule has 128 valence electrons. The van der Waals surface area contributed by atoms with E-state index in [0.717, 1.165) is 11.8 Å². The Hall–Kier alpha value is -1.55. The number of amides is 1. The van der Waals surface area contributed by atoms with Crippen LogP contribution in [-0.4, -0.2) is 58.5 Å². The van der Waals surface area contributed by atoms with E-state index in [1.54, 1.807) is 11.8 Å². The van der Waals surface area contributed by atoms with Crippen molar-refractivity contribution in [1.82, 2.24) is 14.9 Å². The van der Waals surface area contributed by atoms with Crippen LogP contribution in [0.15, 0.2) is 11.2 Å². The molecule has 23 heavy (non-hydrogen) atoms. The Morgan fingerprint density at radius 2 is 2.04 bits per heavy atom. The fraction of sp³-hybridized carbons (Fsp3) is 0.615. The number of nitrogens with two attached hydrogens (primary N) is 2. The van der Waals surface area contributed by atoms with E-state index < -0.39 is 15.1 Å². The summed E-state index contributed by atoms with van der Waals surface area (Å²) in [5, 5.41) is -0.127. The van der Waals surface area contributed by atoms with Gasteiger partial charge in [-0.15, -0.1) is 0 Å². The van der Waals surface area contributed by atoms with Crippen molar-refractivity contribution in [1.29, 1.82) is 0 Å². The van der Waals surface area contributed by atoms with Gasteiger partial charge in [-0.3, -0.25) is 4.79 Å². The molecule has 10 heteroatoms. The molecule has 1 fully saturated rings. The normalized spacial score (nSPS) is 21.0. The minimum Gasteiger partial charge on any atom is -0.383 e. The van der Waals surface area contributed by atoms with Crippen LogP contribution in [0, 0.1) is 0 Å². The summed E-state index contributed by atoms with van der Waals surface area (Å²) in [5.41, 5.74) is 11.2. The molecule has 0 radical (unpaired) electrons. The van der Waals surface area contributed by atoms with Crippen molar-refractivity contribution in [2.75, 3.05) is 29.5 Å². The first kappa shape index (κ1) is 17.8. The van der Waals surface area contributed by atoms with Crippen molar-refractivity contribution in [3.05, 3.63) is 6.07 Å². The monoisotopic (exact) mass is 359 g/mol. The van der Waals surface area contributed by atoms with Crippen molar-refractivity contribution >= 4 is 39.1 Å². The van der Waals surface area contributed by atoms with Crippen LogP contribution in [0.5, 0.6) is 0 Å². The maximum absolute atomic E-state index is 12.6. The second-order valence-electron chi connectivity index (χ2n) is 5.44. The fourth-order valence-corrected chi connectivity index (χ4v) is 5.17. The Labute approximate surface area is 139 Å². The minimum absolute atomic E-state index is 0.0334. The first-order chi connectivity index (χ1) is 10.7. The Morgan fingerprint density at radius 3 is 2.52 bits per heavy atom. The second kappa shape index (κ2) is 6.91. The van der Waals surface area contributed by atoms with Gasteiger partial charge in [0.2, 0.25) is 5.91 Å². The number of rotatable bonds is 5. The zero-order valence-electron chi connectivity index (χ0n) is 13.1. The number of sulfone groups is 1. The van der Waals surface area contributed by atoms with Crippen LogP contribution in [0.3, 0.4) is 0 Å². The SMILES string of the molecule is CCN(C(=O)[C@@H](C)Sc1nc(N)cc(N)n1)[C@H]1CCS(=O)(=O)C1. The lowest BCUT2D eigenvalue weighted by molar-refractivity contribution is -0.131. The molecule has 2 atom stereocenters. The Bertz CT molecular complexity index is 675. The zero-order valence-corrected chi connectivity index (χ0v) is 14.7. The largest absolute Gasteiger partial charge is 0.383 e. The quantitative estimate of drug-likeness (QED) is 0.561. The highest BCUT2D eigenvalue weighted by atomic mass is 32.2. The van der Waals surface area contributed by atoms with Crippen molar-refractivity contribution in [2.45, 2.75) is 36.7 Å². The first-order valence-corrected chi connectivity index (χ1v) is 9.99. The lowest BCUT2D eigenvalue weighted by atomic mass is 10.2. The maximum Gasteiger partial charge on any atom is 0.236 e. The van der Waals surface area contributed by atoms with E-state index in [-0.39, 0.29) is 35.1 Å². The minimum atomic E-state index is -3.04. The highest BCUT2D eigenvalue weighted by Gasteiger charge is 2.35. The van der Waals surface area contributed by atoms with Crippen LogP contribution in [0.1, 0.15) is 20.3 Å². The van der Waals surface area contributed by atoms with Gasteiger partial charge in [-0.25, -0.2) is 18.4 Å². The van der Waals surface area contributed by atoms with E-state index in [9.17, 15) is 13.2 Å². The fourth-order valence-electron chi connectivity index (χ4n) is 2.57. The topological polar surface area (TPSA) is 132 Å². The molecule has 1 aliphatic heterocycles. The molecule has 0 spiro atoms. The van der Waals surface area contributed by atoms with Gasteiger partial charge in [0.05, 0.1) is 16.8 Å². The molecule has 0 aliphatic carbocycles. The maximum atomic E-state index is 12.6. The molecule has 1 amide bonds. The number of carbonyl (C=O) groups is 1. The average molecular weight is 359 g/mol. The van der Waals surface area contributed by atoms with E-state index in [4.69, 9.17) is 11.5 Å². The molecule has 1 saturated heterocycles. The average Bonchev–Trinajstić information content (AvgIpc) is 2.78. The van der Waals surface area contributed by atoms with Gasteiger partial charge in [-0.2, -0.15) is 0 Å². The van der Waals surface area contributed by atoms with Crippen LogP contribution in [0.2, 0.25) is 0 Å². The molecule has 0 saturated carbocycles. The smallest absolute Gasteiger partial charge is 0.236 e. The Kier molecular flexibility index (Phi) is 5.35. The van der Waals surface area contributed by atoms with Crippen molar-refractivity contribution < 1.29 is 13.2 Å². The van der Waals surface area contributed by atoms with Gasteiger partial charge in [0.1, 0.15) is 11.6 Å².